The summed E-state index contributed by atoms with van der Waals surface area (Å²) in [6, 6.07) is 6.36. The van der Waals surface area contributed by atoms with Crippen molar-refractivity contribution in [1.29, 1.82) is 0 Å². The maximum Gasteiger partial charge on any atom is 0.136 e. The maximum absolute atomic E-state index is 13.4. The molecule has 1 saturated carbocycles. The van der Waals surface area contributed by atoms with Crippen molar-refractivity contribution in [2.24, 2.45) is 0 Å². The smallest absolute Gasteiger partial charge is 0.136 e. The van der Waals surface area contributed by atoms with Gasteiger partial charge in [0.15, 0.2) is 0 Å². The van der Waals surface area contributed by atoms with Gasteiger partial charge in [0.1, 0.15) is 23.3 Å². The van der Waals surface area contributed by atoms with E-state index in [4.69, 9.17) is 0 Å². The van der Waals surface area contributed by atoms with Crippen molar-refractivity contribution in [3.8, 4) is 0 Å². The SMILES string of the molecule is CCNc1cc(Nc2cc(F)ccc2Br)nc(C2CC2)n1. The second-order valence-electron chi connectivity index (χ2n) is 5.05. The third kappa shape index (κ3) is 3.50. The van der Waals surface area contributed by atoms with Crippen LogP contribution in [-0.2, 0) is 0 Å². The zero-order valence-electron chi connectivity index (χ0n) is 11.7. The Bertz CT molecular complexity index is 658. The zero-order valence-corrected chi connectivity index (χ0v) is 13.2. The molecule has 4 nitrogen and oxygen atoms in total. The Morgan fingerprint density at radius 1 is 1.24 bits per heavy atom. The summed E-state index contributed by atoms with van der Waals surface area (Å²) >= 11 is 3.41. The van der Waals surface area contributed by atoms with Crippen LogP contribution in [0, 0.1) is 5.82 Å². The van der Waals surface area contributed by atoms with E-state index >= 15 is 0 Å². The lowest BCUT2D eigenvalue weighted by Gasteiger charge is -2.11. The molecule has 0 bridgehead atoms. The molecule has 2 N–H and O–H groups in total. The lowest BCUT2D eigenvalue weighted by Crippen LogP contribution is -2.05. The first-order valence-electron chi connectivity index (χ1n) is 7.00. The first kappa shape index (κ1) is 14.3. The molecule has 1 aromatic heterocycles. The predicted octanol–water partition coefficient (Wildman–Crippen LogP) is 4.43. The molecule has 0 amide bonds. The molecular weight excluding hydrogens is 335 g/mol. The molecule has 0 saturated heterocycles. The lowest BCUT2D eigenvalue weighted by atomic mass is 10.3. The van der Waals surface area contributed by atoms with Crippen LogP contribution < -0.4 is 10.6 Å². The maximum atomic E-state index is 13.4. The number of benzene rings is 1. The predicted molar refractivity (Wildman–Crippen MR) is 85.6 cm³/mol. The number of nitrogens with one attached hydrogen (secondary N) is 2. The molecule has 21 heavy (non-hydrogen) atoms. The molecular formula is C15H16BrFN4. The van der Waals surface area contributed by atoms with E-state index in [-0.39, 0.29) is 5.82 Å². The van der Waals surface area contributed by atoms with Crippen LogP contribution in [0.3, 0.4) is 0 Å². The molecule has 0 atom stereocenters. The second-order valence-corrected chi connectivity index (χ2v) is 5.90. The van der Waals surface area contributed by atoms with Gasteiger partial charge in [-0.15, -0.1) is 0 Å². The molecule has 2 aromatic rings. The quantitative estimate of drug-likeness (QED) is 0.837. The summed E-state index contributed by atoms with van der Waals surface area (Å²) in [5.74, 6) is 2.49. The molecule has 1 heterocycles. The van der Waals surface area contributed by atoms with E-state index in [1.807, 2.05) is 13.0 Å². The fourth-order valence-electron chi connectivity index (χ4n) is 2.06. The molecule has 1 fully saturated rings. The largest absolute Gasteiger partial charge is 0.370 e. The summed E-state index contributed by atoms with van der Waals surface area (Å²) < 4.78 is 14.2. The van der Waals surface area contributed by atoms with Crippen molar-refractivity contribution in [3.63, 3.8) is 0 Å². The molecule has 1 aromatic carbocycles. The van der Waals surface area contributed by atoms with Crippen molar-refractivity contribution in [2.75, 3.05) is 17.2 Å². The normalized spacial score (nSPS) is 14.0. The Hall–Kier alpha value is -1.69. The van der Waals surface area contributed by atoms with Crippen molar-refractivity contribution in [3.05, 3.63) is 40.4 Å². The van der Waals surface area contributed by atoms with Crippen LogP contribution in [0.1, 0.15) is 31.5 Å². The molecule has 0 radical (unpaired) electrons. The summed E-state index contributed by atoms with van der Waals surface area (Å²) in [6.45, 7) is 2.82. The minimum Gasteiger partial charge on any atom is -0.370 e. The second kappa shape index (κ2) is 5.97. The van der Waals surface area contributed by atoms with Crippen molar-refractivity contribution < 1.29 is 4.39 Å². The number of rotatable bonds is 5. The van der Waals surface area contributed by atoms with Gasteiger partial charge in [-0.25, -0.2) is 14.4 Å². The molecule has 0 unspecified atom stereocenters. The topological polar surface area (TPSA) is 49.8 Å². The molecule has 1 aliphatic carbocycles. The van der Waals surface area contributed by atoms with E-state index < -0.39 is 0 Å². The Balaban J connectivity index is 1.91. The van der Waals surface area contributed by atoms with Gasteiger partial charge in [-0.05, 0) is 53.9 Å². The van der Waals surface area contributed by atoms with Gasteiger partial charge in [0.05, 0.1) is 5.69 Å². The highest BCUT2D eigenvalue weighted by atomic mass is 79.9. The van der Waals surface area contributed by atoms with Crippen LogP contribution in [-0.4, -0.2) is 16.5 Å². The minimum atomic E-state index is -0.288. The van der Waals surface area contributed by atoms with Crippen LogP contribution >= 0.6 is 15.9 Å². The minimum absolute atomic E-state index is 0.288. The number of nitrogens with zero attached hydrogens (tertiary/aromatic N) is 2. The highest BCUT2D eigenvalue weighted by molar-refractivity contribution is 9.10. The van der Waals surface area contributed by atoms with Gasteiger partial charge < -0.3 is 10.6 Å². The van der Waals surface area contributed by atoms with E-state index in [9.17, 15) is 4.39 Å². The van der Waals surface area contributed by atoms with E-state index in [0.29, 0.717) is 17.4 Å². The van der Waals surface area contributed by atoms with E-state index in [1.165, 1.54) is 12.1 Å². The van der Waals surface area contributed by atoms with E-state index in [1.54, 1.807) is 6.07 Å². The summed E-state index contributed by atoms with van der Waals surface area (Å²) in [5, 5.41) is 6.36. The van der Waals surface area contributed by atoms with Crippen LogP contribution in [0.2, 0.25) is 0 Å². The fourth-order valence-corrected chi connectivity index (χ4v) is 2.40. The highest BCUT2D eigenvalue weighted by Crippen LogP contribution is 2.39. The molecule has 0 aliphatic heterocycles. The first-order chi connectivity index (χ1) is 10.2. The van der Waals surface area contributed by atoms with Crippen molar-refractivity contribution in [1.82, 2.24) is 9.97 Å². The number of hydrogen-bond donors (Lipinski definition) is 2. The average molecular weight is 351 g/mol. The highest BCUT2D eigenvalue weighted by Gasteiger charge is 2.27. The molecule has 1 aliphatic rings. The summed E-state index contributed by atoms with van der Waals surface area (Å²) in [4.78, 5) is 9.06. The van der Waals surface area contributed by atoms with E-state index in [0.717, 1.165) is 35.5 Å². The third-order valence-electron chi connectivity index (χ3n) is 3.23. The Morgan fingerprint density at radius 3 is 2.71 bits per heavy atom. The fraction of sp³-hybridized carbons (Fsp3) is 0.333. The van der Waals surface area contributed by atoms with Crippen molar-refractivity contribution >= 4 is 33.3 Å². The van der Waals surface area contributed by atoms with Gasteiger partial charge >= 0.3 is 0 Å². The van der Waals surface area contributed by atoms with Crippen LogP contribution in [0.4, 0.5) is 21.7 Å². The van der Waals surface area contributed by atoms with E-state index in [2.05, 4.69) is 36.5 Å². The lowest BCUT2D eigenvalue weighted by molar-refractivity contribution is 0.628. The van der Waals surface area contributed by atoms with Gasteiger partial charge in [-0.2, -0.15) is 0 Å². The Labute approximate surface area is 131 Å². The zero-order chi connectivity index (χ0) is 14.8. The Kier molecular flexibility index (Phi) is 4.05. The van der Waals surface area contributed by atoms with Crippen LogP contribution in [0.5, 0.6) is 0 Å². The van der Waals surface area contributed by atoms with Gasteiger partial charge in [0, 0.05) is 23.0 Å². The van der Waals surface area contributed by atoms with Gasteiger partial charge in [-0.1, -0.05) is 0 Å². The molecule has 3 rings (SSSR count). The van der Waals surface area contributed by atoms with Crippen LogP contribution in [0.25, 0.3) is 0 Å². The third-order valence-corrected chi connectivity index (χ3v) is 3.93. The standard InChI is InChI=1S/C15H16BrFN4/c1-2-18-13-8-14(21-15(20-13)9-3-4-9)19-12-7-10(17)5-6-11(12)16/h5-9H,2-4H2,1H3,(H2,18,19,20,21). The summed E-state index contributed by atoms with van der Waals surface area (Å²) in [5.41, 5.74) is 0.651. The monoisotopic (exact) mass is 350 g/mol. The Morgan fingerprint density at radius 2 is 2.00 bits per heavy atom. The number of aromatic nitrogens is 2. The average Bonchev–Trinajstić information content (AvgIpc) is 3.28. The number of anilines is 3. The number of hydrogen-bond acceptors (Lipinski definition) is 4. The molecule has 110 valence electrons. The molecule has 6 heteroatoms. The number of halogens is 2. The first-order valence-corrected chi connectivity index (χ1v) is 7.80. The summed E-state index contributed by atoms with van der Waals surface area (Å²) in [7, 11) is 0. The van der Waals surface area contributed by atoms with Gasteiger partial charge in [0.25, 0.3) is 0 Å². The van der Waals surface area contributed by atoms with Gasteiger partial charge in [-0.3, -0.25) is 0 Å². The van der Waals surface area contributed by atoms with Crippen molar-refractivity contribution in [2.45, 2.75) is 25.7 Å². The van der Waals surface area contributed by atoms with Crippen LogP contribution in [0.15, 0.2) is 28.7 Å². The van der Waals surface area contributed by atoms with Gasteiger partial charge in [0.2, 0.25) is 0 Å². The molecule has 0 spiro atoms. The summed E-state index contributed by atoms with van der Waals surface area (Å²) in [6.07, 6.45) is 2.28.